The van der Waals surface area contributed by atoms with Crippen LogP contribution in [-0.2, 0) is 6.42 Å². The van der Waals surface area contributed by atoms with Crippen LogP contribution in [0.4, 0.5) is 0 Å². The Morgan fingerprint density at radius 2 is 1.02 bits per heavy atom. The van der Waals surface area contributed by atoms with Crippen LogP contribution in [0.5, 0.6) is 0 Å². The summed E-state index contributed by atoms with van der Waals surface area (Å²) in [7, 11) is 0. The molecule has 0 radical (unpaired) electrons. The van der Waals surface area contributed by atoms with Crippen molar-refractivity contribution in [3.63, 3.8) is 0 Å². The molecule has 0 amide bonds. The highest BCUT2D eigenvalue weighted by Gasteiger charge is 2.22. The molecule has 0 saturated carbocycles. The summed E-state index contributed by atoms with van der Waals surface area (Å²) in [6.07, 6.45) is 16.7. The monoisotopic (exact) mass is 729 g/mol. The third-order valence-corrected chi connectivity index (χ3v) is 12.4. The van der Waals surface area contributed by atoms with Gasteiger partial charge in [-0.3, -0.25) is 0 Å². The molecular weight excluding hydrogens is 691 g/mol. The normalized spacial score (nSPS) is 15.1. The fourth-order valence-corrected chi connectivity index (χ4v) is 9.83. The summed E-state index contributed by atoms with van der Waals surface area (Å²) in [5.74, 6) is 0.321. The van der Waals surface area contributed by atoms with Crippen LogP contribution in [0.3, 0.4) is 0 Å². The molecule has 3 aromatic heterocycles. The molecule has 57 heavy (non-hydrogen) atoms. The van der Waals surface area contributed by atoms with Crippen LogP contribution in [0.25, 0.3) is 88.8 Å². The van der Waals surface area contributed by atoms with Crippen LogP contribution in [0.1, 0.15) is 35.6 Å². The van der Waals surface area contributed by atoms with E-state index in [2.05, 4.69) is 208 Å². The third kappa shape index (κ3) is 4.98. The lowest BCUT2D eigenvalue weighted by Gasteiger charge is -2.19. The zero-order valence-electron chi connectivity index (χ0n) is 31.5. The van der Waals surface area contributed by atoms with Crippen LogP contribution in [-0.4, -0.2) is 13.7 Å². The highest BCUT2D eigenvalue weighted by Crippen LogP contribution is 2.41. The first-order chi connectivity index (χ1) is 28.3. The van der Waals surface area contributed by atoms with Gasteiger partial charge in [-0.15, -0.1) is 0 Å². The standard InChI is InChI=1S/C54H39N3/c1-3-15-36(16-4-1)38-31-39(37-17-5-2-6-18-37)33-42(32-38)57-53-29-27-40(55-49-23-11-7-19-43(49)44-20-8-12-24-50(44)55)34-47(53)48-35-41(28-30-54(48)57)56-51-25-13-9-21-45(51)46-22-10-14-26-52(46)56/h1-13,15-17,19-25,27-35,37H,14,18,26H2. The second-order valence-corrected chi connectivity index (χ2v) is 15.6. The number of hydrogen-bond acceptors (Lipinski definition) is 0. The molecule has 0 bridgehead atoms. The molecule has 0 aliphatic heterocycles. The van der Waals surface area contributed by atoms with E-state index in [4.69, 9.17) is 0 Å². The van der Waals surface area contributed by atoms with Gasteiger partial charge in [-0.05, 0) is 103 Å². The molecule has 2 aliphatic carbocycles. The van der Waals surface area contributed by atoms with Crippen molar-refractivity contribution < 1.29 is 0 Å². The number of nitrogens with zero attached hydrogens (tertiary/aromatic N) is 3. The van der Waals surface area contributed by atoms with Crippen LogP contribution >= 0.6 is 0 Å². The molecule has 2 aliphatic rings. The third-order valence-electron chi connectivity index (χ3n) is 12.4. The van der Waals surface area contributed by atoms with E-state index in [0.717, 1.165) is 24.9 Å². The molecule has 0 N–H and O–H groups in total. The van der Waals surface area contributed by atoms with Gasteiger partial charge in [-0.1, -0.05) is 127 Å². The summed E-state index contributed by atoms with van der Waals surface area (Å²) in [5, 5.41) is 6.34. The number of rotatable bonds is 5. The summed E-state index contributed by atoms with van der Waals surface area (Å²) >= 11 is 0. The van der Waals surface area contributed by atoms with Gasteiger partial charge in [0.15, 0.2) is 0 Å². The second-order valence-electron chi connectivity index (χ2n) is 15.6. The molecule has 1 atom stereocenters. The van der Waals surface area contributed by atoms with E-state index < -0.39 is 0 Å². The Morgan fingerprint density at radius 3 is 1.70 bits per heavy atom. The second kappa shape index (κ2) is 12.7. The average Bonchev–Trinajstić information content (AvgIpc) is 3.92. The van der Waals surface area contributed by atoms with Crippen molar-refractivity contribution in [2.24, 2.45) is 0 Å². The summed E-state index contributed by atoms with van der Waals surface area (Å²) in [6.45, 7) is 0. The maximum Gasteiger partial charge on any atom is 0.0542 e. The first-order valence-electron chi connectivity index (χ1n) is 20.2. The van der Waals surface area contributed by atoms with Crippen molar-refractivity contribution in [1.82, 2.24) is 13.7 Å². The van der Waals surface area contributed by atoms with Gasteiger partial charge in [0, 0.05) is 61.2 Å². The molecule has 0 spiro atoms. The zero-order valence-corrected chi connectivity index (χ0v) is 31.5. The Bertz CT molecular complexity index is 3270. The number of benzene rings is 7. The molecule has 3 heterocycles. The largest absolute Gasteiger partial charge is 0.313 e. The van der Waals surface area contributed by atoms with Gasteiger partial charge in [-0.2, -0.15) is 0 Å². The summed E-state index contributed by atoms with van der Waals surface area (Å²) < 4.78 is 7.47. The maximum atomic E-state index is 2.52. The summed E-state index contributed by atoms with van der Waals surface area (Å²) in [6, 6.07) is 58.8. The molecule has 12 rings (SSSR count). The predicted molar refractivity (Wildman–Crippen MR) is 240 cm³/mol. The lowest BCUT2D eigenvalue weighted by Crippen LogP contribution is -2.03. The van der Waals surface area contributed by atoms with Crippen LogP contribution in [0.15, 0.2) is 188 Å². The maximum absolute atomic E-state index is 2.52. The van der Waals surface area contributed by atoms with Gasteiger partial charge in [0.25, 0.3) is 0 Å². The fourth-order valence-electron chi connectivity index (χ4n) is 9.83. The summed E-state index contributed by atoms with van der Waals surface area (Å²) in [5.41, 5.74) is 16.2. The quantitative estimate of drug-likeness (QED) is 0.168. The number of para-hydroxylation sites is 3. The van der Waals surface area contributed by atoms with Gasteiger partial charge < -0.3 is 13.7 Å². The smallest absolute Gasteiger partial charge is 0.0542 e. The van der Waals surface area contributed by atoms with Gasteiger partial charge in [0.2, 0.25) is 0 Å². The van der Waals surface area contributed by atoms with E-state index in [0.29, 0.717) is 5.92 Å². The molecule has 1 unspecified atom stereocenters. The van der Waals surface area contributed by atoms with Crippen molar-refractivity contribution in [1.29, 1.82) is 0 Å². The van der Waals surface area contributed by atoms with Gasteiger partial charge in [0.05, 0.1) is 27.6 Å². The first kappa shape index (κ1) is 32.2. The molecule has 3 heteroatoms. The molecule has 0 fully saturated rings. The van der Waals surface area contributed by atoms with Crippen LogP contribution < -0.4 is 0 Å². The Morgan fingerprint density at radius 1 is 0.421 bits per heavy atom. The minimum Gasteiger partial charge on any atom is -0.313 e. The van der Waals surface area contributed by atoms with Gasteiger partial charge >= 0.3 is 0 Å². The average molecular weight is 730 g/mol. The van der Waals surface area contributed by atoms with Crippen molar-refractivity contribution in [3.05, 3.63) is 205 Å². The molecule has 7 aromatic carbocycles. The number of hydrogen-bond donors (Lipinski definition) is 0. The Hall–Kier alpha value is -7.10. The molecule has 3 nitrogen and oxygen atoms in total. The fraction of sp³-hybridized carbons (Fsp3) is 0.0741. The van der Waals surface area contributed by atoms with Crippen LogP contribution in [0.2, 0.25) is 0 Å². The number of aromatic nitrogens is 3. The van der Waals surface area contributed by atoms with Crippen molar-refractivity contribution >= 4 is 60.6 Å². The van der Waals surface area contributed by atoms with Gasteiger partial charge in [-0.25, -0.2) is 0 Å². The minimum atomic E-state index is 0.321. The predicted octanol–water partition coefficient (Wildman–Crippen LogP) is 14.1. The van der Waals surface area contributed by atoms with E-state index >= 15 is 0 Å². The minimum absolute atomic E-state index is 0.321. The highest BCUT2D eigenvalue weighted by atomic mass is 15.0. The van der Waals surface area contributed by atoms with E-state index in [-0.39, 0.29) is 0 Å². The summed E-state index contributed by atoms with van der Waals surface area (Å²) in [4.78, 5) is 0. The van der Waals surface area contributed by atoms with Gasteiger partial charge in [0.1, 0.15) is 0 Å². The van der Waals surface area contributed by atoms with E-state index in [1.165, 1.54) is 93.8 Å². The van der Waals surface area contributed by atoms with Crippen molar-refractivity contribution in [3.8, 4) is 28.2 Å². The Balaban J connectivity index is 1.16. The van der Waals surface area contributed by atoms with Crippen molar-refractivity contribution in [2.45, 2.75) is 25.2 Å². The van der Waals surface area contributed by atoms with E-state index in [1.807, 2.05) is 0 Å². The zero-order chi connectivity index (χ0) is 37.5. The lowest BCUT2D eigenvalue weighted by molar-refractivity contribution is 0.852. The molecule has 0 saturated heterocycles. The Kier molecular flexibility index (Phi) is 7.18. The molecular formula is C54H39N3. The Labute approximate surface area is 331 Å². The molecule has 10 aromatic rings. The van der Waals surface area contributed by atoms with E-state index in [9.17, 15) is 0 Å². The first-order valence-corrected chi connectivity index (χ1v) is 20.2. The molecule has 270 valence electrons. The van der Waals surface area contributed by atoms with Crippen LogP contribution in [0, 0.1) is 0 Å². The topological polar surface area (TPSA) is 14.8 Å². The SMILES string of the molecule is C1=CCC(c2cc(-c3ccccc3)cc(-n3c4ccc(-n5c6c(c7ccccc75)C=CCC6)cc4c4cc(-n5c6ccccc6c6ccccc65)ccc43)c2)C=C1. The lowest BCUT2D eigenvalue weighted by atomic mass is 9.89. The van der Waals surface area contributed by atoms with Crippen molar-refractivity contribution in [2.75, 3.05) is 0 Å². The highest BCUT2D eigenvalue weighted by molar-refractivity contribution is 6.13. The number of allylic oxidation sites excluding steroid dienone is 5. The number of fused-ring (bicyclic) bond motifs is 9. The van der Waals surface area contributed by atoms with E-state index in [1.54, 1.807) is 0 Å².